The lowest BCUT2D eigenvalue weighted by Crippen LogP contribution is -1.97. The highest BCUT2D eigenvalue weighted by atomic mass is 32.1. The molecule has 0 aliphatic heterocycles. The van der Waals surface area contributed by atoms with Crippen LogP contribution in [0.1, 0.15) is 17.1 Å². The number of hydrogen-bond donors (Lipinski definition) is 0. The molecule has 0 saturated heterocycles. The normalized spacial score (nSPS) is 10.6. The van der Waals surface area contributed by atoms with E-state index in [9.17, 15) is 0 Å². The second kappa shape index (κ2) is 5.28. The average Bonchev–Trinajstić information content (AvgIpc) is 2.86. The summed E-state index contributed by atoms with van der Waals surface area (Å²) in [4.78, 5) is 14.2. The van der Waals surface area contributed by atoms with Gasteiger partial charge < -0.3 is 0 Å². The molecular weight excluding hydrogens is 254 g/mol. The third kappa shape index (κ3) is 2.69. The second-order valence-electron chi connectivity index (χ2n) is 4.24. The zero-order chi connectivity index (χ0) is 13.1. The SMILES string of the molecule is Cc1n[c]sc1-c1ccnc(Cc2ccccc2)n1. The Bertz CT molecular complexity index is 677. The smallest absolute Gasteiger partial charge is 0.153 e. The Balaban J connectivity index is 1.91. The van der Waals surface area contributed by atoms with Crippen molar-refractivity contribution in [1.29, 1.82) is 0 Å². The minimum atomic E-state index is 0.746. The molecule has 0 amide bonds. The van der Waals surface area contributed by atoms with E-state index in [1.54, 1.807) is 6.20 Å². The molecule has 0 bridgehead atoms. The maximum atomic E-state index is 4.61. The molecule has 0 aliphatic rings. The average molecular weight is 266 g/mol. The van der Waals surface area contributed by atoms with E-state index in [-0.39, 0.29) is 0 Å². The van der Waals surface area contributed by atoms with Crippen LogP contribution in [-0.2, 0) is 6.42 Å². The molecule has 0 saturated carbocycles. The molecule has 2 heterocycles. The summed E-state index contributed by atoms with van der Waals surface area (Å²) in [5.74, 6) is 0.830. The third-order valence-corrected chi connectivity index (χ3v) is 3.72. The monoisotopic (exact) mass is 266 g/mol. The highest BCUT2D eigenvalue weighted by Crippen LogP contribution is 2.24. The quantitative estimate of drug-likeness (QED) is 0.730. The number of thiazole rings is 1. The molecule has 4 heteroatoms. The molecule has 1 radical (unpaired) electrons. The first-order chi connectivity index (χ1) is 9.33. The van der Waals surface area contributed by atoms with E-state index >= 15 is 0 Å². The predicted octanol–water partition coefficient (Wildman–Crippen LogP) is 3.30. The summed E-state index contributed by atoms with van der Waals surface area (Å²) < 4.78 is 0. The molecule has 0 fully saturated rings. The van der Waals surface area contributed by atoms with Crippen molar-refractivity contribution in [2.24, 2.45) is 0 Å². The second-order valence-corrected chi connectivity index (χ2v) is 5.04. The van der Waals surface area contributed by atoms with Gasteiger partial charge >= 0.3 is 0 Å². The maximum absolute atomic E-state index is 4.61. The van der Waals surface area contributed by atoms with Gasteiger partial charge in [0.1, 0.15) is 5.82 Å². The summed E-state index contributed by atoms with van der Waals surface area (Å²) in [6.45, 7) is 1.97. The summed E-state index contributed by atoms with van der Waals surface area (Å²) in [7, 11) is 0. The van der Waals surface area contributed by atoms with Gasteiger partial charge in [-0.05, 0) is 18.6 Å². The van der Waals surface area contributed by atoms with Gasteiger partial charge in [-0.25, -0.2) is 15.0 Å². The van der Waals surface area contributed by atoms with Gasteiger partial charge in [0.2, 0.25) is 0 Å². The molecule has 3 nitrogen and oxygen atoms in total. The summed E-state index contributed by atoms with van der Waals surface area (Å²) in [5.41, 5.74) is 6.01. The molecule has 0 unspecified atom stereocenters. The van der Waals surface area contributed by atoms with Crippen molar-refractivity contribution in [3.63, 3.8) is 0 Å². The summed E-state index contributed by atoms with van der Waals surface area (Å²) in [5, 5.41) is 0. The summed E-state index contributed by atoms with van der Waals surface area (Å²) >= 11 is 1.49. The van der Waals surface area contributed by atoms with Crippen LogP contribution in [0.25, 0.3) is 10.6 Å². The largest absolute Gasteiger partial charge is 0.241 e. The van der Waals surface area contributed by atoms with Gasteiger partial charge in [0.15, 0.2) is 5.51 Å². The molecule has 0 atom stereocenters. The highest BCUT2D eigenvalue weighted by Gasteiger charge is 2.08. The minimum Gasteiger partial charge on any atom is -0.241 e. The Hall–Kier alpha value is -2.07. The van der Waals surface area contributed by atoms with Crippen LogP contribution < -0.4 is 0 Å². The van der Waals surface area contributed by atoms with E-state index in [0.717, 1.165) is 28.5 Å². The highest BCUT2D eigenvalue weighted by molar-refractivity contribution is 7.12. The zero-order valence-electron chi connectivity index (χ0n) is 10.5. The Kier molecular flexibility index (Phi) is 3.33. The summed E-state index contributed by atoms with van der Waals surface area (Å²) in [6, 6.07) is 12.2. The molecule has 93 valence electrons. The molecule has 3 rings (SSSR count). The van der Waals surface area contributed by atoms with Crippen molar-refractivity contribution >= 4 is 11.3 Å². The standard InChI is InChI=1S/C15H12N3S/c1-11-15(19-10-17-11)13-7-8-16-14(18-13)9-12-5-3-2-4-6-12/h2-8H,9H2,1H3. The van der Waals surface area contributed by atoms with Crippen LogP contribution in [0.4, 0.5) is 0 Å². The number of aromatic nitrogens is 3. The van der Waals surface area contributed by atoms with Gasteiger partial charge in [-0.3, -0.25) is 0 Å². The zero-order valence-corrected chi connectivity index (χ0v) is 11.3. The van der Waals surface area contributed by atoms with Crippen molar-refractivity contribution in [3.05, 3.63) is 65.2 Å². The first-order valence-corrected chi connectivity index (χ1v) is 6.84. The minimum absolute atomic E-state index is 0.746. The Morgan fingerprint density at radius 3 is 2.74 bits per heavy atom. The van der Waals surface area contributed by atoms with Crippen LogP contribution in [0.3, 0.4) is 0 Å². The van der Waals surface area contributed by atoms with Crippen LogP contribution in [0.2, 0.25) is 0 Å². The molecule has 0 aliphatic carbocycles. The van der Waals surface area contributed by atoms with Gasteiger partial charge in [-0.15, -0.1) is 11.3 Å². The van der Waals surface area contributed by atoms with Crippen molar-refractivity contribution in [2.75, 3.05) is 0 Å². The fraction of sp³-hybridized carbons (Fsp3) is 0.133. The van der Waals surface area contributed by atoms with Crippen LogP contribution in [0.5, 0.6) is 0 Å². The molecule has 19 heavy (non-hydrogen) atoms. The Morgan fingerprint density at radius 1 is 1.16 bits per heavy atom. The van der Waals surface area contributed by atoms with Gasteiger partial charge in [-0.2, -0.15) is 0 Å². The van der Waals surface area contributed by atoms with Crippen LogP contribution >= 0.6 is 11.3 Å². The third-order valence-electron chi connectivity index (χ3n) is 2.83. The molecule has 0 spiro atoms. The lowest BCUT2D eigenvalue weighted by atomic mass is 10.1. The fourth-order valence-corrected chi connectivity index (χ4v) is 2.57. The Morgan fingerprint density at radius 2 is 2.00 bits per heavy atom. The van der Waals surface area contributed by atoms with Crippen LogP contribution in [0.15, 0.2) is 42.6 Å². The van der Waals surface area contributed by atoms with Crippen LogP contribution in [-0.4, -0.2) is 15.0 Å². The van der Waals surface area contributed by atoms with E-state index in [4.69, 9.17) is 0 Å². The first-order valence-electron chi connectivity index (χ1n) is 6.02. The number of benzene rings is 1. The van der Waals surface area contributed by atoms with Crippen molar-refractivity contribution in [1.82, 2.24) is 15.0 Å². The number of aryl methyl sites for hydroxylation is 1. The predicted molar refractivity (Wildman–Crippen MR) is 76.0 cm³/mol. The maximum Gasteiger partial charge on any atom is 0.153 e. The van der Waals surface area contributed by atoms with Gasteiger partial charge in [0.25, 0.3) is 0 Å². The number of rotatable bonds is 3. The summed E-state index contributed by atoms with van der Waals surface area (Å²) in [6.07, 6.45) is 2.55. The van der Waals surface area contributed by atoms with Crippen molar-refractivity contribution < 1.29 is 0 Å². The topological polar surface area (TPSA) is 38.7 Å². The lowest BCUT2D eigenvalue weighted by Gasteiger charge is -2.03. The molecule has 1 aromatic carbocycles. The van der Waals surface area contributed by atoms with E-state index in [1.165, 1.54) is 16.9 Å². The number of hydrogen-bond acceptors (Lipinski definition) is 4. The van der Waals surface area contributed by atoms with Gasteiger partial charge in [-0.1, -0.05) is 30.3 Å². The van der Waals surface area contributed by atoms with Crippen LogP contribution in [0, 0.1) is 12.4 Å². The van der Waals surface area contributed by atoms with Gasteiger partial charge in [0, 0.05) is 12.6 Å². The number of nitrogens with zero attached hydrogens (tertiary/aromatic N) is 3. The van der Waals surface area contributed by atoms with Crippen molar-refractivity contribution in [3.8, 4) is 10.6 Å². The first kappa shape index (κ1) is 12.0. The molecule has 2 aromatic heterocycles. The van der Waals surface area contributed by atoms with E-state index in [1.807, 2.05) is 31.2 Å². The van der Waals surface area contributed by atoms with Crippen molar-refractivity contribution in [2.45, 2.75) is 13.3 Å². The van der Waals surface area contributed by atoms with E-state index in [0.29, 0.717) is 0 Å². The lowest BCUT2D eigenvalue weighted by molar-refractivity contribution is 0.972. The fourth-order valence-electron chi connectivity index (χ4n) is 1.89. The van der Waals surface area contributed by atoms with Gasteiger partial charge in [0.05, 0.1) is 16.3 Å². The molecular formula is C15H12N3S. The molecule has 0 N–H and O–H groups in total. The molecule has 3 aromatic rings. The van der Waals surface area contributed by atoms with E-state index < -0.39 is 0 Å². The Labute approximate surface area is 116 Å². The van der Waals surface area contributed by atoms with E-state index in [2.05, 4.69) is 32.6 Å².